The lowest BCUT2D eigenvalue weighted by Gasteiger charge is -2.15. The highest BCUT2D eigenvalue weighted by Gasteiger charge is 2.17. The Bertz CT molecular complexity index is 625. The van der Waals surface area contributed by atoms with E-state index >= 15 is 0 Å². The quantitative estimate of drug-likeness (QED) is 0.861. The normalized spacial score (nSPS) is 10.4. The van der Waals surface area contributed by atoms with Crippen LogP contribution < -0.4 is 4.74 Å². The number of ether oxygens (including phenoxy) is 1. The van der Waals surface area contributed by atoms with Gasteiger partial charge in [0.1, 0.15) is 0 Å². The maximum Gasteiger partial charge on any atom is 0.292 e. The largest absolute Gasteiger partial charge is 0.494 e. The molecule has 106 valence electrons. The van der Waals surface area contributed by atoms with Crippen molar-refractivity contribution in [3.8, 4) is 5.75 Å². The number of benzene rings is 1. The molecule has 1 aromatic carbocycles. The SMILES string of the molecule is COc1ccc(CN(C)C(=O)c2cc(C)no2)cc1F. The number of hydrogen-bond donors (Lipinski definition) is 0. The molecular formula is C14H15FN2O3. The number of nitrogens with zero attached hydrogens (tertiary/aromatic N) is 2. The average molecular weight is 278 g/mol. The number of amides is 1. The van der Waals surface area contributed by atoms with E-state index in [1.165, 1.54) is 24.1 Å². The smallest absolute Gasteiger partial charge is 0.292 e. The summed E-state index contributed by atoms with van der Waals surface area (Å²) in [5.74, 6) is -0.421. The van der Waals surface area contributed by atoms with Crippen LogP contribution in [-0.4, -0.2) is 30.1 Å². The van der Waals surface area contributed by atoms with Gasteiger partial charge in [0.25, 0.3) is 5.91 Å². The number of hydrogen-bond acceptors (Lipinski definition) is 4. The first-order valence-corrected chi connectivity index (χ1v) is 6.02. The molecule has 20 heavy (non-hydrogen) atoms. The van der Waals surface area contributed by atoms with Crippen LogP contribution in [0, 0.1) is 12.7 Å². The summed E-state index contributed by atoms with van der Waals surface area (Å²) in [6, 6.07) is 6.14. The van der Waals surface area contributed by atoms with E-state index in [1.54, 1.807) is 26.1 Å². The Kier molecular flexibility index (Phi) is 4.02. The predicted molar refractivity (Wildman–Crippen MR) is 70.0 cm³/mol. The summed E-state index contributed by atoms with van der Waals surface area (Å²) in [6.45, 7) is 2.00. The van der Waals surface area contributed by atoms with Gasteiger partial charge in [-0.25, -0.2) is 4.39 Å². The lowest BCUT2D eigenvalue weighted by Crippen LogP contribution is -2.25. The zero-order valence-corrected chi connectivity index (χ0v) is 11.5. The Morgan fingerprint density at radius 2 is 2.20 bits per heavy atom. The number of rotatable bonds is 4. The van der Waals surface area contributed by atoms with Gasteiger partial charge in [-0.05, 0) is 24.6 Å². The van der Waals surface area contributed by atoms with Crippen molar-refractivity contribution in [1.29, 1.82) is 0 Å². The highest BCUT2D eigenvalue weighted by Crippen LogP contribution is 2.19. The summed E-state index contributed by atoms with van der Waals surface area (Å²) in [5.41, 5.74) is 1.30. The molecule has 0 aliphatic carbocycles. The number of aromatic nitrogens is 1. The third-order valence-corrected chi connectivity index (χ3v) is 2.82. The van der Waals surface area contributed by atoms with Gasteiger partial charge in [-0.3, -0.25) is 4.79 Å². The summed E-state index contributed by atoms with van der Waals surface area (Å²) in [6.07, 6.45) is 0. The van der Waals surface area contributed by atoms with E-state index in [1.807, 2.05) is 0 Å². The van der Waals surface area contributed by atoms with Crippen LogP contribution in [0.1, 0.15) is 21.8 Å². The standard InChI is InChI=1S/C14H15FN2O3/c1-9-6-13(20-16-9)14(18)17(2)8-10-4-5-12(19-3)11(15)7-10/h4-7H,8H2,1-3H3. The lowest BCUT2D eigenvalue weighted by atomic mass is 10.2. The number of aryl methyl sites for hydroxylation is 1. The molecule has 0 bridgehead atoms. The topological polar surface area (TPSA) is 55.6 Å². The molecule has 0 atom stereocenters. The van der Waals surface area contributed by atoms with Gasteiger partial charge in [0.2, 0.25) is 5.76 Å². The van der Waals surface area contributed by atoms with Crippen LogP contribution in [0.15, 0.2) is 28.8 Å². The summed E-state index contributed by atoms with van der Waals surface area (Å²) in [5, 5.41) is 3.66. The van der Waals surface area contributed by atoms with E-state index in [2.05, 4.69) is 5.16 Å². The minimum atomic E-state index is -0.457. The van der Waals surface area contributed by atoms with E-state index in [4.69, 9.17) is 9.26 Å². The van der Waals surface area contributed by atoms with E-state index in [0.29, 0.717) is 11.3 Å². The van der Waals surface area contributed by atoms with Crippen LogP contribution in [0.4, 0.5) is 4.39 Å². The van der Waals surface area contributed by atoms with Gasteiger partial charge in [0.05, 0.1) is 12.8 Å². The van der Waals surface area contributed by atoms with Crippen LogP contribution in [0.3, 0.4) is 0 Å². The molecule has 6 heteroatoms. The molecule has 0 aliphatic heterocycles. The second-order valence-electron chi connectivity index (χ2n) is 4.46. The van der Waals surface area contributed by atoms with Crippen molar-refractivity contribution in [2.75, 3.05) is 14.2 Å². The van der Waals surface area contributed by atoms with Crippen molar-refractivity contribution >= 4 is 5.91 Å². The van der Waals surface area contributed by atoms with Crippen molar-refractivity contribution in [1.82, 2.24) is 10.1 Å². The van der Waals surface area contributed by atoms with Crippen molar-refractivity contribution in [3.63, 3.8) is 0 Å². The average Bonchev–Trinajstić information content (AvgIpc) is 2.84. The zero-order chi connectivity index (χ0) is 14.7. The summed E-state index contributed by atoms with van der Waals surface area (Å²) in [7, 11) is 3.02. The zero-order valence-electron chi connectivity index (χ0n) is 11.5. The van der Waals surface area contributed by atoms with Crippen molar-refractivity contribution in [2.45, 2.75) is 13.5 Å². The molecule has 0 aliphatic rings. The third kappa shape index (κ3) is 2.96. The summed E-state index contributed by atoms with van der Waals surface area (Å²) >= 11 is 0. The molecule has 0 N–H and O–H groups in total. The first-order chi connectivity index (χ1) is 9.51. The maximum absolute atomic E-state index is 13.6. The van der Waals surface area contributed by atoms with Crippen LogP contribution in [-0.2, 0) is 6.54 Å². The van der Waals surface area contributed by atoms with E-state index < -0.39 is 5.82 Å². The van der Waals surface area contributed by atoms with Gasteiger partial charge in [-0.1, -0.05) is 11.2 Å². The highest BCUT2D eigenvalue weighted by atomic mass is 19.1. The molecule has 0 fully saturated rings. The molecular weight excluding hydrogens is 263 g/mol. The van der Waals surface area contributed by atoms with E-state index in [0.717, 1.165) is 0 Å². The number of carbonyl (C=O) groups excluding carboxylic acids is 1. The van der Waals surface area contributed by atoms with Crippen LogP contribution >= 0.6 is 0 Å². The molecule has 0 spiro atoms. The van der Waals surface area contributed by atoms with Crippen molar-refractivity contribution in [3.05, 3.63) is 47.1 Å². The fourth-order valence-electron chi connectivity index (χ4n) is 1.81. The molecule has 5 nitrogen and oxygen atoms in total. The maximum atomic E-state index is 13.6. The second kappa shape index (κ2) is 5.73. The third-order valence-electron chi connectivity index (χ3n) is 2.82. The minimum absolute atomic E-state index is 0.166. The molecule has 2 rings (SSSR count). The Labute approximate surface area is 115 Å². The van der Waals surface area contributed by atoms with Crippen molar-refractivity contribution in [2.24, 2.45) is 0 Å². The monoisotopic (exact) mass is 278 g/mol. The molecule has 2 aromatic rings. The summed E-state index contributed by atoms with van der Waals surface area (Å²) < 4.78 is 23.3. The number of carbonyl (C=O) groups is 1. The van der Waals surface area contributed by atoms with Gasteiger partial charge in [-0.2, -0.15) is 0 Å². The predicted octanol–water partition coefficient (Wildman–Crippen LogP) is 2.40. The van der Waals surface area contributed by atoms with Gasteiger partial charge in [0.15, 0.2) is 11.6 Å². The lowest BCUT2D eigenvalue weighted by molar-refractivity contribution is 0.0743. The second-order valence-corrected chi connectivity index (χ2v) is 4.46. The van der Waals surface area contributed by atoms with Gasteiger partial charge >= 0.3 is 0 Å². The first kappa shape index (κ1) is 14.0. The fourth-order valence-corrected chi connectivity index (χ4v) is 1.81. The highest BCUT2D eigenvalue weighted by molar-refractivity contribution is 5.91. The van der Waals surface area contributed by atoms with Crippen LogP contribution in [0.25, 0.3) is 0 Å². The minimum Gasteiger partial charge on any atom is -0.494 e. The molecule has 1 heterocycles. The molecule has 1 amide bonds. The Hall–Kier alpha value is -2.37. The van der Waals surface area contributed by atoms with Crippen LogP contribution in [0.5, 0.6) is 5.75 Å². The van der Waals surface area contributed by atoms with Gasteiger partial charge in [-0.15, -0.1) is 0 Å². The first-order valence-electron chi connectivity index (χ1n) is 6.02. The summed E-state index contributed by atoms with van der Waals surface area (Å²) in [4.78, 5) is 13.5. The fraction of sp³-hybridized carbons (Fsp3) is 0.286. The molecule has 0 saturated carbocycles. The number of halogens is 1. The van der Waals surface area contributed by atoms with E-state index in [-0.39, 0.29) is 24.0 Å². The molecule has 1 aromatic heterocycles. The van der Waals surface area contributed by atoms with E-state index in [9.17, 15) is 9.18 Å². The Morgan fingerprint density at radius 1 is 1.45 bits per heavy atom. The number of methoxy groups -OCH3 is 1. The Morgan fingerprint density at radius 3 is 2.75 bits per heavy atom. The molecule has 0 radical (unpaired) electrons. The van der Waals surface area contributed by atoms with Gasteiger partial charge in [0, 0.05) is 19.7 Å². The Balaban J connectivity index is 2.09. The van der Waals surface area contributed by atoms with Crippen LogP contribution in [0.2, 0.25) is 0 Å². The molecule has 0 unspecified atom stereocenters. The van der Waals surface area contributed by atoms with Gasteiger partial charge < -0.3 is 14.2 Å². The molecule has 0 saturated heterocycles. The van der Waals surface area contributed by atoms with Crippen molar-refractivity contribution < 1.29 is 18.4 Å².